The van der Waals surface area contributed by atoms with Gasteiger partial charge in [-0.25, -0.2) is 0 Å². The minimum atomic E-state index is -0.648. The Morgan fingerprint density at radius 2 is 1.95 bits per heavy atom. The average molecular weight is 302 g/mol. The molecule has 2 saturated carbocycles. The van der Waals surface area contributed by atoms with Crippen LogP contribution in [-0.2, 0) is 14.4 Å². The quantitative estimate of drug-likeness (QED) is 0.602. The predicted octanol–water partition coefficient (Wildman–Crippen LogP) is 1.66. The van der Waals surface area contributed by atoms with Gasteiger partial charge >= 0.3 is 0 Å². The van der Waals surface area contributed by atoms with Crippen molar-refractivity contribution in [1.82, 2.24) is 10.9 Å². The van der Waals surface area contributed by atoms with Crippen molar-refractivity contribution in [2.24, 2.45) is 22.7 Å². The first kappa shape index (κ1) is 15.0. The summed E-state index contributed by atoms with van der Waals surface area (Å²) in [7, 11) is 0. The van der Waals surface area contributed by atoms with Crippen molar-refractivity contribution in [2.45, 2.75) is 40.0 Å². The molecule has 0 heterocycles. The number of fused-ring (bicyclic) bond motifs is 2. The molecule has 118 valence electrons. The summed E-state index contributed by atoms with van der Waals surface area (Å²) >= 11 is 0. The first-order valence-electron chi connectivity index (χ1n) is 7.79. The molecule has 0 radical (unpaired) electrons. The number of ketones is 1. The Balaban J connectivity index is 1.66. The minimum Gasteiger partial charge on any atom is -0.298 e. The van der Waals surface area contributed by atoms with Crippen molar-refractivity contribution in [3.05, 3.63) is 23.8 Å². The van der Waals surface area contributed by atoms with Crippen LogP contribution < -0.4 is 10.9 Å². The molecule has 3 aliphatic carbocycles. The summed E-state index contributed by atoms with van der Waals surface area (Å²) in [4.78, 5) is 36.9. The summed E-state index contributed by atoms with van der Waals surface area (Å²) in [5.74, 6) is -1.29. The van der Waals surface area contributed by atoms with E-state index in [0.29, 0.717) is 12.0 Å². The van der Waals surface area contributed by atoms with Gasteiger partial charge < -0.3 is 0 Å². The number of hydrogen-bond donors (Lipinski definition) is 2. The monoisotopic (exact) mass is 302 g/mol. The second kappa shape index (κ2) is 4.80. The van der Waals surface area contributed by atoms with Gasteiger partial charge in [-0.1, -0.05) is 39.0 Å². The minimum absolute atomic E-state index is 0.0160. The average Bonchev–Trinajstić information content (AvgIpc) is 3.10. The normalized spacial score (nSPS) is 34.7. The van der Waals surface area contributed by atoms with Crippen LogP contribution >= 0.6 is 0 Å². The van der Waals surface area contributed by atoms with Crippen LogP contribution in [0.2, 0.25) is 0 Å². The molecular weight excluding hydrogens is 280 g/mol. The molecule has 3 aliphatic rings. The second-order valence-electron chi connectivity index (χ2n) is 7.31. The summed E-state index contributed by atoms with van der Waals surface area (Å²) in [6, 6.07) is 0. The lowest BCUT2D eigenvalue weighted by Gasteiger charge is -2.32. The van der Waals surface area contributed by atoms with E-state index >= 15 is 0 Å². The van der Waals surface area contributed by atoms with Gasteiger partial charge in [0.15, 0.2) is 5.78 Å². The summed E-state index contributed by atoms with van der Waals surface area (Å²) in [6.45, 7) is 6.11. The molecular formula is C17H22N2O3. The highest BCUT2D eigenvalue weighted by molar-refractivity contribution is 6.08. The summed E-state index contributed by atoms with van der Waals surface area (Å²) < 4.78 is 0. The van der Waals surface area contributed by atoms with Crippen LogP contribution in [0, 0.1) is 22.7 Å². The Hall–Kier alpha value is -1.91. The molecule has 2 bridgehead atoms. The molecule has 2 N–H and O–H groups in total. The maximum absolute atomic E-state index is 12.7. The van der Waals surface area contributed by atoms with Crippen LogP contribution in [0.4, 0.5) is 0 Å². The number of amides is 2. The van der Waals surface area contributed by atoms with E-state index in [2.05, 4.69) is 24.7 Å². The lowest BCUT2D eigenvalue weighted by Crippen LogP contribution is -2.48. The largest absolute Gasteiger partial charge is 0.298 e. The maximum atomic E-state index is 12.7. The summed E-state index contributed by atoms with van der Waals surface area (Å²) in [5, 5.41) is 0. The van der Waals surface area contributed by atoms with Gasteiger partial charge in [-0.3, -0.25) is 25.2 Å². The third-order valence-electron chi connectivity index (χ3n) is 6.18. The molecule has 2 fully saturated rings. The number of Topliss-reactive ketones (excluding diaryl/α,β-unsaturated/α-hetero) is 1. The molecule has 2 amide bonds. The van der Waals surface area contributed by atoms with Gasteiger partial charge in [-0.15, -0.1) is 0 Å². The van der Waals surface area contributed by atoms with E-state index in [1.807, 2.05) is 13.0 Å². The van der Waals surface area contributed by atoms with E-state index in [1.54, 1.807) is 12.2 Å². The van der Waals surface area contributed by atoms with Gasteiger partial charge in [0.25, 0.3) is 5.91 Å². The molecule has 0 aliphatic heterocycles. The van der Waals surface area contributed by atoms with Crippen molar-refractivity contribution >= 4 is 17.6 Å². The summed E-state index contributed by atoms with van der Waals surface area (Å²) in [5.41, 5.74) is 4.87. The molecule has 3 unspecified atom stereocenters. The lowest BCUT2D eigenvalue weighted by molar-refractivity contribution is -0.140. The Labute approximate surface area is 130 Å². The van der Waals surface area contributed by atoms with E-state index in [4.69, 9.17) is 0 Å². The number of hydrogen-bond acceptors (Lipinski definition) is 3. The number of rotatable bonds is 2. The lowest BCUT2D eigenvalue weighted by atomic mass is 9.70. The van der Waals surface area contributed by atoms with Crippen LogP contribution in [0.3, 0.4) is 0 Å². The highest BCUT2D eigenvalue weighted by atomic mass is 16.2. The van der Waals surface area contributed by atoms with E-state index < -0.39 is 11.3 Å². The van der Waals surface area contributed by atoms with E-state index in [1.165, 1.54) is 0 Å². The third-order valence-corrected chi connectivity index (χ3v) is 6.18. The van der Waals surface area contributed by atoms with Gasteiger partial charge in [0, 0.05) is 11.0 Å². The maximum Gasteiger partial charge on any atom is 0.265 e. The number of carbonyl (C=O) groups excluding carboxylic acids is 3. The first-order valence-corrected chi connectivity index (χ1v) is 7.79. The summed E-state index contributed by atoms with van der Waals surface area (Å²) in [6.07, 6.45) is 7.69. The van der Waals surface area contributed by atoms with Crippen LogP contribution in [0.25, 0.3) is 0 Å². The van der Waals surface area contributed by atoms with Gasteiger partial charge in [0.1, 0.15) is 5.92 Å². The fraction of sp³-hybridized carbons (Fsp3) is 0.588. The highest BCUT2D eigenvalue weighted by Gasteiger charge is 2.67. The van der Waals surface area contributed by atoms with Crippen LogP contribution in [-0.4, -0.2) is 17.6 Å². The highest BCUT2D eigenvalue weighted by Crippen LogP contribution is 2.65. The van der Waals surface area contributed by atoms with Crippen LogP contribution in [0.5, 0.6) is 0 Å². The fourth-order valence-electron chi connectivity index (χ4n) is 4.28. The Morgan fingerprint density at radius 3 is 2.50 bits per heavy atom. The second-order valence-corrected chi connectivity index (χ2v) is 7.31. The molecule has 5 nitrogen and oxygen atoms in total. The van der Waals surface area contributed by atoms with Gasteiger partial charge in [0.05, 0.1) is 0 Å². The Kier molecular flexibility index (Phi) is 3.27. The smallest absolute Gasteiger partial charge is 0.265 e. The number of allylic oxidation sites excluding steroid dienone is 3. The van der Waals surface area contributed by atoms with Crippen LogP contribution in [0.15, 0.2) is 23.8 Å². The van der Waals surface area contributed by atoms with E-state index in [0.717, 1.165) is 12.8 Å². The van der Waals surface area contributed by atoms with E-state index in [9.17, 15) is 14.4 Å². The standard InChI is InChI=1S/C17H22N2O3/c1-16(2)11-8-9-17(16,3)13(20)12(11)15(22)19-18-14(21)10-6-4-5-7-10/h4-6,11-12H,7-9H2,1-3H3,(H,18,21)(H,19,22). The number of carbonyl (C=O) groups is 3. The molecule has 3 atom stereocenters. The van der Waals surface area contributed by atoms with Crippen LogP contribution in [0.1, 0.15) is 40.0 Å². The molecule has 5 heteroatoms. The van der Waals surface area contributed by atoms with Crippen molar-refractivity contribution in [1.29, 1.82) is 0 Å². The molecule has 0 aromatic heterocycles. The Morgan fingerprint density at radius 1 is 1.23 bits per heavy atom. The van der Waals surface area contributed by atoms with Gasteiger partial charge in [-0.2, -0.15) is 0 Å². The predicted molar refractivity (Wildman–Crippen MR) is 81.2 cm³/mol. The van der Waals surface area contributed by atoms with Crippen molar-refractivity contribution in [3.63, 3.8) is 0 Å². The SMILES string of the molecule is CC12CCC(C(C(=O)NNC(=O)C3=CC=CC3)C1=O)C2(C)C. The van der Waals surface area contributed by atoms with Gasteiger partial charge in [-0.05, 0) is 30.6 Å². The van der Waals surface area contributed by atoms with E-state index in [-0.39, 0.29) is 28.9 Å². The zero-order valence-corrected chi connectivity index (χ0v) is 13.2. The van der Waals surface area contributed by atoms with Crippen molar-refractivity contribution in [3.8, 4) is 0 Å². The number of nitrogens with one attached hydrogen (secondary N) is 2. The molecule has 0 spiro atoms. The zero-order chi connectivity index (χ0) is 16.1. The molecule has 22 heavy (non-hydrogen) atoms. The van der Waals surface area contributed by atoms with Gasteiger partial charge in [0.2, 0.25) is 5.91 Å². The molecule has 3 rings (SSSR count). The fourth-order valence-corrected chi connectivity index (χ4v) is 4.28. The van der Waals surface area contributed by atoms with Crippen molar-refractivity contribution < 1.29 is 14.4 Å². The number of hydrazine groups is 1. The zero-order valence-electron chi connectivity index (χ0n) is 13.2. The Bertz CT molecular complexity index is 617. The third kappa shape index (κ3) is 1.87. The topological polar surface area (TPSA) is 75.3 Å². The van der Waals surface area contributed by atoms with Crippen molar-refractivity contribution in [2.75, 3.05) is 0 Å². The first-order chi connectivity index (χ1) is 10.3. The molecule has 0 saturated heterocycles. The molecule has 0 aromatic rings. The molecule has 0 aromatic carbocycles.